The predicted molar refractivity (Wildman–Crippen MR) is 69.7 cm³/mol. The molecule has 0 bridgehead atoms. The predicted octanol–water partition coefficient (Wildman–Crippen LogP) is 2.37. The lowest BCUT2D eigenvalue weighted by Gasteiger charge is -2.27. The second-order valence-corrected chi connectivity index (χ2v) is 5.47. The molecule has 1 heterocycles. The van der Waals surface area contributed by atoms with Crippen molar-refractivity contribution in [2.75, 3.05) is 6.54 Å². The van der Waals surface area contributed by atoms with Gasteiger partial charge in [-0.05, 0) is 18.4 Å². The molecule has 2 fully saturated rings. The van der Waals surface area contributed by atoms with E-state index >= 15 is 0 Å². The molecule has 0 aromatic heterocycles. The Morgan fingerprint density at radius 2 is 1.84 bits per heavy atom. The van der Waals surface area contributed by atoms with Crippen LogP contribution in [0.3, 0.4) is 0 Å². The molecule has 1 spiro atoms. The molecule has 1 aliphatic carbocycles. The Morgan fingerprint density at radius 3 is 2.42 bits per heavy atom. The maximum Gasteiger partial charge on any atom is 0.269 e. The molecule has 1 aromatic carbocycles. The fraction of sp³-hybridized carbons (Fsp3) is 0.500. The lowest BCUT2D eigenvalue weighted by molar-refractivity contribution is -0.384. The number of hydrogen-bond donors (Lipinski definition) is 1. The molecular weight excluding hydrogens is 244 g/mol. The van der Waals surface area contributed by atoms with Crippen molar-refractivity contribution in [2.45, 2.75) is 31.6 Å². The summed E-state index contributed by atoms with van der Waals surface area (Å²) in [5.41, 5.74) is 0.864. The molecule has 1 amide bonds. The smallest absolute Gasteiger partial charge is 0.269 e. The Bertz CT molecular complexity index is 518. The zero-order valence-electron chi connectivity index (χ0n) is 10.6. The van der Waals surface area contributed by atoms with Crippen LogP contribution in [0.1, 0.15) is 37.2 Å². The van der Waals surface area contributed by atoms with Crippen molar-refractivity contribution in [2.24, 2.45) is 5.41 Å². The number of amides is 1. The highest BCUT2D eigenvalue weighted by Gasteiger charge is 2.51. The molecule has 3 rings (SSSR count). The quantitative estimate of drug-likeness (QED) is 0.655. The summed E-state index contributed by atoms with van der Waals surface area (Å²) >= 11 is 0. The van der Waals surface area contributed by atoms with Gasteiger partial charge >= 0.3 is 0 Å². The van der Waals surface area contributed by atoms with E-state index < -0.39 is 4.92 Å². The zero-order chi connectivity index (χ0) is 13.5. The summed E-state index contributed by atoms with van der Waals surface area (Å²) < 4.78 is 0. The number of nitro benzene ring substituents is 1. The SMILES string of the molecule is O=C1NC[C@@H](c2ccc([N+](=O)[O-])cc2)C12CCCC2. The highest BCUT2D eigenvalue weighted by atomic mass is 16.6. The van der Waals surface area contributed by atoms with Gasteiger partial charge in [0.1, 0.15) is 0 Å². The van der Waals surface area contributed by atoms with Crippen LogP contribution in [-0.2, 0) is 4.79 Å². The molecule has 1 atom stereocenters. The van der Waals surface area contributed by atoms with E-state index in [-0.39, 0.29) is 22.9 Å². The van der Waals surface area contributed by atoms with E-state index in [4.69, 9.17) is 0 Å². The summed E-state index contributed by atoms with van der Waals surface area (Å²) in [6, 6.07) is 6.65. The molecule has 0 radical (unpaired) electrons. The second-order valence-electron chi connectivity index (χ2n) is 5.47. The van der Waals surface area contributed by atoms with Crippen molar-refractivity contribution >= 4 is 11.6 Å². The Labute approximate surface area is 111 Å². The standard InChI is InChI=1S/C14H16N2O3/c17-13-14(7-1-2-8-14)12(9-15-13)10-3-5-11(6-4-10)16(18)19/h3-6,12H,1-2,7-9H2,(H,15,17)/t12-/m0/s1. The number of carbonyl (C=O) groups excluding carboxylic acids is 1. The minimum Gasteiger partial charge on any atom is -0.355 e. The minimum absolute atomic E-state index is 0.0986. The topological polar surface area (TPSA) is 72.2 Å². The van der Waals surface area contributed by atoms with Gasteiger partial charge in [0, 0.05) is 24.6 Å². The first-order chi connectivity index (χ1) is 9.13. The van der Waals surface area contributed by atoms with Gasteiger partial charge in [0.15, 0.2) is 0 Å². The first-order valence-corrected chi connectivity index (χ1v) is 6.66. The van der Waals surface area contributed by atoms with Gasteiger partial charge in [-0.15, -0.1) is 0 Å². The van der Waals surface area contributed by atoms with Crippen LogP contribution in [0, 0.1) is 15.5 Å². The third-order valence-electron chi connectivity index (χ3n) is 4.59. The number of nitro groups is 1. The molecule has 1 aromatic rings. The van der Waals surface area contributed by atoms with E-state index in [1.54, 1.807) is 12.1 Å². The first-order valence-electron chi connectivity index (χ1n) is 6.66. The average Bonchev–Trinajstić information content (AvgIpc) is 3.01. The van der Waals surface area contributed by atoms with Crippen LogP contribution in [0.4, 0.5) is 5.69 Å². The number of non-ortho nitro benzene ring substituents is 1. The van der Waals surface area contributed by atoms with Crippen LogP contribution in [0.2, 0.25) is 0 Å². The van der Waals surface area contributed by atoms with Gasteiger partial charge in [0.25, 0.3) is 5.69 Å². The monoisotopic (exact) mass is 260 g/mol. The van der Waals surface area contributed by atoms with Crippen molar-refractivity contribution in [3.8, 4) is 0 Å². The van der Waals surface area contributed by atoms with Gasteiger partial charge in [-0.1, -0.05) is 25.0 Å². The van der Waals surface area contributed by atoms with Crippen molar-refractivity contribution in [3.63, 3.8) is 0 Å². The summed E-state index contributed by atoms with van der Waals surface area (Å²) in [6.45, 7) is 0.649. The van der Waals surface area contributed by atoms with Gasteiger partial charge in [-0.3, -0.25) is 14.9 Å². The van der Waals surface area contributed by atoms with Crippen molar-refractivity contribution in [1.82, 2.24) is 5.32 Å². The molecular formula is C14H16N2O3. The summed E-state index contributed by atoms with van der Waals surface area (Å²) in [7, 11) is 0. The molecule has 0 unspecified atom stereocenters. The molecule has 1 saturated carbocycles. The van der Waals surface area contributed by atoms with Gasteiger partial charge < -0.3 is 5.32 Å². The van der Waals surface area contributed by atoms with Gasteiger partial charge in [-0.2, -0.15) is 0 Å². The summed E-state index contributed by atoms with van der Waals surface area (Å²) in [5.74, 6) is 0.316. The number of carbonyl (C=O) groups is 1. The maximum atomic E-state index is 12.1. The van der Waals surface area contributed by atoms with Gasteiger partial charge in [0.2, 0.25) is 5.91 Å². The molecule has 1 saturated heterocycles. The normalized spacial score (nSPS) is 24.6. The molecule has 5 heteroatoms. The number of nitrogens with one attached hydrogen (secondary N) is 1. The third-order valence-corrected chi connectivity index (χ3v) is 4.59. The number of rotatable bonds is 2. The van der Waals surface area contributed by atoms with Crippen LogP contribution >= 0.6 is 0 Å². The van der Waals surface area contributed by atoms with Crippen LogP contribution in [-0.4, -0.2) is 17.4 Å². The van der Waals surface area contributed by atoms with Crippen LogP contribution < -0.4 is 5.32 Å². The molecule has 1 aliphatic heterocycles. The van der Waals surface area contributed by atoms with E-state index in [1.165, 1.54) is 12.1 Å². The van der Waals surface area contributed by atoms with E-state index in [9.17, 15) is 14.9 Å². The first kappa shape index (κ1) is 12.1. The highest BCUT2D eigenvalue weighted by Crippen LogP contribution is 2.51. The third kappa shape index (κ3) is 1.80. The number of benzene rings is 1. The fourth-order valence-corrected chi connectivity index (χ4v) is 3.57. The molecule has 19 heavy (non-hydrogen) atoms. The second kappa shape index (κ2) is 4.33. The lowest BCUT2D eigenvalue weighted by atomic mass is 9.73. The van der Waals surface area contributed by atoms with Crippen molar-refractivity contribution < 1.29 is 9.72 Å². The number of nitrogens with zero attached hydrogens (tertiary/aromatic N) is 1. The van der Waals surface area contributed by atoms with Crippen LogP contribution in [0.25, 0.3) is 0 Å². The minimum atomic E-state index is -0.396. The van der Waals surface area contributed by atoms with Gasteiger partial charge in [0.05, 0.1) is 10.3 Å². The van der Waals surface area contributed by atoms with Gasteiger partial charge in [-0.25, -0.2) is 0 Å². The number of hydrogen-bond acceptors (Lipinski definition) is 3. The average molecular weight is 260 g/mol. The summed E-state index contributed by atoms with van der Waals surface area (Å²) in [5, 5.41) is 13.6. The van der Waals surface area contributed by atoms with E-state index in [1.807, 2.05) is 0 Å². The zero-order valence-corrected chi connectivity index (χ0v) is 10.6. The molecule has 5 nitrogen and oxygen atoms in total. The molecule has 100 valence electrons. The maximum absolute atomic E-state index is 12.1. The molecule has 1 N–H and O–H groups in total. The lowest BCUT2D eigenvalue weighted by Crippen LogP contribution is -2.31. The summed E-state index contributed by atoms with van der Waals surface area (Å²) in [6.07, 6.45) is 4.05. The fourth-order valence-electron chi connectivity index (χ4n) is 3.57. The van der Waals surface area contributed by atoms with Crippen molar-refractivity contribution in [1.29, 1.82) is 0 Å². The highest BCUT2D eigenvalue weighted by molar-refractivity contribution is 5.86. The van der Waals surface area contributed by atoms with Crippen LogP contribution in [0.5, 0.6) is 0 Å². The Hall–Kier alpha value is -1.91. The largest absolute Gasteiger partial charge is 0.355 e. The Morgan fingerprint density at radius 1 is 1.21 bits per heavy atom. The summed E-state index contributed by atoms with van der Waals surface area (Å²) in [4.78, 5) is 22.4. The van der Waals surface area contributed by atoms with Crippen LogP contribution in [0.15, 0.2) is 24.3 Å². The van der Waals surface area contributed by atoms with E-state index in [0.717, 1.165) is 31.2 Å². The Kier molecular flexibility index (Phi) is 2.77. The van der Waals surface area contributed by atoms with E-state index in [0.29, 0.717) is 6.54 Å². The Balaban J connectivity index is 1.93. The van der Waals surface area contributed by atoms with Crippen molar-refractivity contribution in [3.05, 3.63) is 39.9 Å². The van der Waals surface area contributed by atoms with E-state index in [2.05, 4.69) is 5.32 Å². The molecule has 2 aliphatic rings.